The van der Waals surface area contributed by atoms with Crippen LogP contribution in [0.1, 0.15) is 38.5 Å². The van der Waals surface area contributed by atoms with E-state index in [0.29, 0.717) is 37.4 Å². The normalized spacial score (nSPS) is 15.9. The smallest absolute Gasteiger partial charge is 0.274 e. The summed E-state index contributed by atoms with van der Waals surface area (Å²) < 4.78 is 1.94. The molecule has 0 saturated carbocycles. The monoisotopic (exact) mass is 400 g/mol. The lowest BCUT2D eigenvalue weighted by Crippen LogP contribution is -2.50. The van der Waals surface area contributed by atoms with Crippen molar-refractivity contribution in [3.05, 3.63) is 83.2 Å². The Bertz CT molecular complexity index is 1070. The lowest BCUT2D eigenvalue weighted by molar-refractivity contribution is 0.0531. The molecule has 0 radical (unpaired) electrons. The molecule has 0 atom stereocenters. The highest BCUT2D eigenvalue weighted by Crippen LogP contribution is 2.28. The van der Waals surface area contributed by atoms with Gasteiger partial charge in [0, 0.05) is 43.0 Å². The van der Waals surface area contributed by atoms with Crippen molar-refractivity contribution in [2.24, 2.45) is 0 Å². The van der Waals surface area contributed by atoms with Gasteiger partial charge in [-0.25, -0.2) is 4.68 Å². The van der Waals surface area contributed by atoms with Gasteiger partial charge < -0.3 is 9.80 Å². The summed E-state index contributed by atoms with van der Waals surface area (Å²) in [6.07, 6.45) is 2.90. The van der Waals surface area contributed by atoms with Crippen molar-refractivity contribution in [3.8, 4) is 5.69 Å². The van der Waals surface area contributed by atoms with Gasteiger partial charge in [-0.05, 0) is 43.5 Å². The zero-order chi connectivity index (χ0) is 20.5. The summed E-state index contributed by atoms with van der Waals surface area (Å²) in [4.78, 5) is 29.6. The number of carbonyl (C=O) groups is 2. The Morgan fingerprint density at radius 3 is 2.00 bits per heavy atom. The Balaban J connectivity index is 1.33. The molecule has 1 aliphatic carbocycles. The molecule has 30 heavy (non-hydrogen) atoms. The van der Waals surface area contributed by atoms with E-state index in [9.17, 15) is 9.59 Å². The third kappa shape index (κ3) is 3.28. The molecule has 152 valence electrons. The zero-order valence-electron chi connectivity index (χ0n) is 16.8. The van der Waals surface area contributed by atoms with Gasteiger partial charge in [0.25, 0.3) is 11.8 Å². The van der Waals surface area contributed by atoms with Gasteiger partial charge in [0.2, 0.25) is 0 Å². The van der Waals surface area contributed by atoms with Crippen molar-refractivity contribution in [3.63, 3.8) is 0 Å². The summed E-state index contributed by atoms with van der Waals surface area (Å²) in [6, 6.07) is 19.3. The van der Waals surface area contributed by atoms with E-state index in [1.165, 1.54) is 0 Å². The van der Waals surface area contributed by atoms with Crippen LogP contribution in [0.15, 0.2) is 60.7 Å². The molecule has 2 aliphatic rings. The minimum Gasteiger partial charge on any atom is -0.335 e. The van der Waals surface area contributed by atoms with Crippen LogP contribution >= 0.6 is 0 Å². The predicted molar refractivity (Wildman–Crippen MR) is 114 cm³/mol. The molecule has 0 spiro atoms. The molecule has 0 unspecified atom stereocenters. The number of nitrogens with zero attached hydrogens (tertiary/aromatic N) is 4. The van der Waals surface area contributed by atoms with E-state index in [-0.39, 0.29) is 11.8 Å². The molecular formula is C24H24N4O2. The standard InChI is InChI=1S/C24H24N4O2/c29-23(18-8-3-1-4-9-18)26-14-16-27(17-15-26)24(30)22-20-12-7-13-21(20)28(25-22)19-10-5-2-6-11-19/h1-6,8-11H,7,12-17H2. The first-order chi connectivity index (χ1) is 14.7. The molecule has 2 amide bonds. The summed E-state index contributed by atoms with van der Waals surface area (Å²) >= 11 is 0. The number of amides is 2. The molecule has 2 aromatic carbocycles. The number of carbonyl (C=O) groups excluding carboxylic acids is 2. The van der Waals surface area contributed by atoms with Crippen LogP contribution in [0, 0.1) is 0 Å². The number of aromatic nitrogens is 2. The van der Waals surface area contributed by atoms with Gasteiger partial charge in [0.1, 0.15) is 0 Å². The van der Waals surface area contributed by atoms with E-state index >= 15 is 0 Å². The molecule has 1 aromatic heterocycles. The number of benzene rings is 2. The van der Waals surface area contributed by atoms with E-state index in [4.69, 9.17) is 5.10 Å². The molecule has 5 rings (SSSR count). The first kappa shape index (κ1) is 18.6. The van der Waals surface area contributed by atoms with E-state index in [1.807, 2.05) is 75.1 Å². The number of hydrogen-bond donors (Lipinski definition) is 0. The molecule has 1 aliphatic heterocycles. The van der Waals surface area contributed by atoms with E-state index in [0.717, 1.165) is 36.2 Å². The second-order valence-corrected chi connectivity index (χ2v) is 7.83. The maximum absolute atomic E-state index is 13.3. The highest BCUT2D eigenvalue weighted by Gasteiger charge is 2.32. The molecule has 0 bridgehead atoms. The average Bonchev–Trinajstić information content (AvgIpc) is 3.42. The number of fused-ring (bicyclic) bond motifs is 1. The quantitative estimate of drug-likeness (QED) is 0.679. The first-order valence-corrected chi connectivity index (χ1v) is 10.5. The minimum absolute atomic E-state index is 0.0189. The van der Waals surface area contributed by atoms with Crippen molar-refractivity contribution in [1.82, 2.24) is 19.6 Å². The van der Waals surface area contributed by atoms with E-state index < -0.39 is 0 Å². The van der Waals surface area contributed by atoms with Crippen molar-refractivity contribution in [2.75, 3.05) is 26.2 Å². The molecular weight excluding hydrogens is 376 g/mol. The van der Waals surface area contributed by atoms with Crippen molar-refractivity contribution >= 4 is 11.8 Å². The van der Waals surface area contributed by atoms with Crippen LogP contribution in [0.25, 0.3) is 5.69 Å². The van der Waals surface area contributed by atoms with Gasteiger partial charge in [-0.3, -0.25) is 9.59 Å². The predicted octanol–water partition coefficient (Wildman–Crippen LogP) is 2.96. The van der Waals surface area contributed by atoms with Gasteiger partial charge in [-0.1, -0.05) is 36.4 Å². The van der Waals surface area contributed by atoms with Gasteiger partial charge in [-0.15, -0.1) is 0 Å². The fraction of sp³-hybridized carbons (Fsp3) is 0.292. The maximum Gasteiger partial charge on any atom is 0.274 e. The first-order valence-electron chi connectivity index (χ1n) is 10.5. The van der Waals surface area contributed by atoms with E-state index in [1.54, 1.807) is 0 Å². The van der Waals surface area contributed by atoms with Gasteiger partial charge >= 0.3 is 0 Å². The molecule has 1 saturated heterocycles. The minimum atomic E-state index is -0.0189. The van der Waals surface area contributed by atoms with Crippen molar-refractivity contribution in [1.29, 1.82) is 0 Å². The molecule has 1 fully saturated rings. The zero-order valence-corrected chi connectivity index (χ0v) is 16.8. The van der Waals surface area contributed by atoms with Gasteiger partial charge in [0.15, 0.2) is 5.69 Å². The lowest BCUT2D eigenvalue weighted by atomic mass is 10.1. The Kier molecular flexibility index (Phi) is 4.83. The molecule has 3 aromatic rings. The number of para-hydroxylation sites is 1. The number of piperazine rings is 1. The largest absolute Gasteiger partial charge is 0.335 e. The van der Waals surface area contributed by atoms with Crippen LogP contribution in [0.2, 0.25) is 0 Å². The topological polar surface area (TPSA) is 58.4 Å². The van der Waals surface area contributed by atoms with Gasteiger partial charge in [0.05, 0.1) is 5.69 Å². The van der Waals surface area contributed by atoms with Crippen LogP contribution in [0.3, 0.4) is 0 Å². The maximum atomic E-state index is 13.3. The number of rotatable bonds is 3. The highest BCUT2D eigenvalue weighted by atomic mass is 16.2. The Hall–Kier alpha value is -3.41. The fourth-order valence-corrected chi connectivity index (χ4v) is 4.42. The second kappa shape index (κ2) is 7.78. The SMILES string of the molecule is O=C(c1ccccc1)N1CCN(C(=O)c2nn(-c3ccccc3)c3c2CCC3)CC1. The highest BCUT2D eigenvalue weighted by molar-refractivity contribution is 5.96. The van der Waals surface area contributed by atoms with Crippen LogP contribution in [0.5, 0.6) is 0 Å². The summed E-state index contributed by atoms with van der Waals surface area (Å²) in [5.41, 5.74) is 4.51. The summed E-state index contributed by atoms with van der Waals surface area (Å²) in [6.45, 7) is 2.15. The Morgan fingerprint density at radius 2 is 1.33 bits per heavy atom. The molecule has 6 heteroatoms. The Labute approximate surface area is 175 Å². The van der Waals surface area contributed by atoms with E-state index in [2.05, 4.69) is 0 Å². The molecule has 0 N–H and O–H groups in total. The summed E-state index contributed by atoms with van der Waals surface area (Å²) in [7, 11) is 0. The summed E-state index contributed by atoms with van der Waals surface area (Å²) in [5.74, 6) is 0.00610. The van der Waals surface area contributed by atoms with Crippen LogP contribution in [-0.2, 0) is 12.8 Å². The van der Waals surface area contributed by atoms with Gasteiger partial charge in [-0.2, -0.15) is 5.10 Å². The molecule has 6 nitrogen and oxygen atoms in total. The van der Waals surface area contributed by atoms with Crippen molar-refractivity contribution in [2.45, 2.75) is 19.3 Å². The van der Waals surface area contributed by atoms with Crippen LogP contribution < -0.4 is 0 Å². The van der Waals surface area contributed by atoms with Crippen LogP contribution in [-0.4, -0.2) is 57.6 Å². The third-order valence-electron chi connectivity index (χ3n) is 6.01. The summed E-state index contributed by atoms with van der Waals surface area (Å²) in [5, 5.41) is 4.72. The third-order valence-corrected chi connectivity index (χ3v) is 6.01. The van der Waals surface area contributed by atoms with Crippen LogP contribution in [0.4, 0.5) is 0 Å². The second-order valence-electron chi connectivity index (χ2n) is 7.83. The molecule has 2 heterocycles. The lowest BCUT2D eigenvalue weighted by Gasteiger charge is -2.34. The fourth-order valence-electron chi connectivity index (χ4n) is 4.42. The Morgan fingerprint density at radius 1 is 0.733 bits per heavy atom. The number of hydrogen-bond acceptors (Lipinski definition) is 3. The van der Waals surface area contributed by atoms with Crippen molar-refractivity contribution < 1.29 is 9.59 Å². The average molecular weight is 400 g/mol.